The SMILES string of the molecule is CC(NC(=O)CC1CNc2ccccc21)C(=O)N(C)C. The van der Waals surface area contributed by atoms with Crippen LogP contribution in [-0.2, 0) is 9.59 Å². The van der Waals surface area contributed by atoms with E-state index < -0.39 is 6.04 Å². The first-order valence-electron chi connectivity index (χ1n) is 6.82. The van der Waals surface area contributed by atoms with Crippen molar-refractivity contribution in [1.82, 2.24) is 10.2 Å². The number of hydrogen-bond donors (Lipinski definition) is 2. The van der Waals surface area contributed by atoms with Crippen LogP contribution in [0.15, 0.2) is 24.3 Å². The van der Waals surface area contributed by atoms with Gasteiger partial charge in [-0.05, 0) is 18.6 Å². The van der Waals surface area contributed by atoms with Crippen molar-refractivity contribution in [1.29, 1.82) is 0 Å². The number of para-hydroxylation sites is 1. The van der Waals surface area contributed by atoms with Crippen molar-refractivity contribution in [2.75, 3.05) is 26.0 Å². The minimum Gasteiger partial charge on any atom is -0.384 e. The number of carbonyl (C=O) groups excluding carboxylic acids is 2. The highest BCUT2D eigenvalue weighted by Gasteiger charge is 2.25. The van der Waals surface area contributed by atoms with E-state index in [1.165, 1.54) is 10.5 Å². The Morgan fingerprint density at radius 2 is 2.10 bits per heavy atom. The van der Waals surface area contributed by atoms with Crippen molar-refractivity contribution in [2.45, 2.75) is 25.3 Å². The molecule has 0 saturated heterocycles. The fourth-order valence-electron chi connectivity index (χ4n) is 2.51. The predicted octanol–water partition coefficient (Wildman–Crippen LogP) is 1.18. The third-order valence-corrected chi connectivity index (χ3v) is 3.56. The Morgan fingerprint density at radius 1 is 1.40 bits per heavy atom. The lowest BCUT2D eigenvalue weighted by atomic mass is 9.97. The molecule has 1 heterocycles. The number of nitrogens with one attached hydrogen (secondary N) is 2. The molecule has 2 atom stereocenters. The minimum atomic E-state index is -0.484. The van der Waals surface area contributed by atoms with Crippen molar-refractivity contribution < 1.29 is 9.59 Å². The summed E-state index contributed by atoms with van der Waals surface area (Å²) in [6.45, 7) is 2.48. The number of amides is 2. The molecular weight excluding hydrogens is 254 g/mol. The molecule has 20 heavy (non-hydrogen) atoms. The van der Waals surface area contributed by atoms with Crippen molar-refractivity contribution in [3.05, 3.63) is 29.8 Å². The van der Waals surface area contributed by atoms with Gasteiger partial charge in [-0.3, -0.25) is 9.59 Å². The summed E-state index contributed by atoms with van der Waals surface area (Å²) in [6, 6.07) is 7.54. The monoisotopic (exact) mass is 275 g/mol. The zero-order chi connectivity index (χ0) is 14.7. The van der Waals surface area contributed by atoms with Gasteiger partial charge in [0.1, 0.15) is 6.04 Å². The molecule has 0 bridgehead atoms. The molecule has 1 aromatic rings. The number of likely N-dealkylation sites (N-methyl/N-ethyl adjacent to an activating group) is 1. The Hall–Kier alpha value is -2.04. The van der Waals surface area contributed by atoms with Crippen molar-refractivity contribution in [3.8, 4) is 0 Å². The van der Waals surface area contributed by atoms with E-state index in [9.17, 15) is 9.59 Å². The van der Waals surface area contributed by atoms with E-state index in [1.54, 1.807) is 21.0 Å². The normalized spacial score (nSPS) is 17.9. The van der Waals surface area contributed by atoms with Crippen LogP contribution in [0.3, 0.4) is 0 Å². The van der Waals surface area contributed by atoms with Crippen LogP contribution in [0.1, 0.15) is 24.8 Å². The van der Waals surface area contributed by atoms with Crippen LogP contribution < -0.4 is 10.6 Å². The van der Waals surface area contributed by atoms with Gasteiger partial charge in [0.2, 0.25) is 11.8 Å². The van der Waals surface area contributed by atoms with E-state index in [0.29, 0.717) is 6.42 Å². The molecule has 0 aliphatic carbocycles. The lowest BCUT2D eigenvalue weighted by Gasteiger charge is -2.19. The molecule has 1 aromatic carbocycles. The summed E-state index contributed by atoms with van der Waals surface area (Å²) in [5.74, 6) is -0.00708. The van der Waals surface area contributed by atoms with Gasteiger partial charge in [-0.2, -0.15) is 0 Å². The smallest absolute Gasteiger partial charge is 0.244 e. The minimum absolute atomic E-state index is 0.0868. The fraction of sp³-hybridized carbons (Fsp3) is 0.467. The molecule has 0 saturated carbocycles. The summed E-state index contributed by atoms with van der Waals surface area (Å²) in [4.78, 5) is 25.2. The first kappa shape index (κ1) is 14.4. The third-order valence-electron chi connectivity index (χ3n) is 3.56. The zero-order valence-corrected chi connectivity index (χ0v) is 12.1. The van der Waals surface area contributed by atoms with Gasteiger partial charge >= 0.3 is 0 Å². The van der Waals surface area contributed by atoms with Gasteiger partial charge in [0.05, 0.1) is 0 Å². The van der Waals surface area contributed by atoms with Gasteiger partial charge in [-0.25, -0.2) is 0 Å². The predicted molar refractivity (Wildman–Crippen MR) is 78.6 cm³/mol. The van der Waals surface area contributed by atoms with Crippen LogP contribution in [0.4, 0.5) is 5.69 Å². The molecule has 0 radical (unpaired) electrons. The maximum Gasteiger partial charge on any atom is 0.244 e. The summed E-state index contributed by atoms with van der Waals surface area (Å²) in [5, 5.41) is 6.06. The lowest BCUT2D eigenvalue weighted by Crippen LogP contribution is -2.44. The van der Waals surface area contributed by atoms with Gasteiger partial charge in [0.15, 0.2) is 0 Å². The average Bonchev–Trinajstić information content (AvgIpc) is 2.81. The molecule has 108 valence electrons. The molecule has 0 aromatic heterocycles. The first-order valence-corrected chi connectivity index (χ1v) is 6.82. The van der Waals surface area contributed by atoms with Crippen LogP contribution >= 0.6 is 0 Å². The molecule has 2 rings (SSSR count). The maximum atomic E-state index is 12.0. The molecular formula is C15H21N3O2. The summed E-state index contributed by atoms with van der Waals surface area (Å²) in [6.07, 6.45) is 0.398. The van der Waals surface area contributed by atoms with Crippen molar-refractivity contribution in [3.63, 3.8) is 0 Å². The van der Waals surface area contributed by atoms with E-state index in [4.69, 9.17) is 0 Å². The Kier molecular flexibility index (Phi) is 4.27. The molecule has 5 heteroatoms. The molecule has 2 amide bonds. The number of benzene rings is 1. The second kappa shape index (κ2) is 5.94. The van der Waals surface area contributed by atoms with Gasteiger partial charge < -0.3 is 15.5 Å². The first-order chi connectivity index (χ1) is 9.49. The molecule has 0 spiro atoms. The summed E-state index contributed by atoms with van der Waals surface area (Å²) >= 11 is 0. The Bertz CT molecular complexity index is 514. The van der Waals surface area contributed by atoms with E-state index in [-0.39, 0.29) is 17.7 Å². The van der Waals surface area contributed by atoms with Crippen molar-refractivity contribution in [2.24, 2.45) is 0 Å². The highest BCUT2D eigenvalue weighted by atomic mass is 16.2. The topological polar surface area (TPSA) is 61.4 Å². The molecule has 2 unspecified atom stereocenters. The molecule has 1 aliphatic heterocycles. The highest BCUT2D eigenvalue weighted by molar-refractivity contribution is 5.87. The van der Waals surface area contributed by atoms with Gasteiger partial charge in [-0.1, -0.05) is 18.2 Å². The Morgan fingerprint density at radius 3 is 2.80 bits per heavy atom. The summed E-state index contributed by atoms with van der Waals surface area (Å²) in [7, 11) is 3.37. The Balaban J connectivity index is 1.92. The quantitative estimate of drug-likeness (QED) is 0.867. The van der Waals surface area contributed by atoms with Crippen LogP contribution in [-0.4, -0.2) is 43.4 Å². The number of fused-ring (bicyclic) bond motifs is 1. The van der Waals surface area contributed by atoms with Crippen LogP contribution in [0.5, 0.6) is 0 Å². The van der Waals surface area contributed by atoms with E-state index in [2.05, 4.69) is 10.6 Å². The number of nitrogens with zero attached hydrogens (tertiary/aromatic N) is 1. The summed E-state index contributed by atoms with van der Waals surface area (Å²) in [5.41, 5.74) is 2.27. The number of carbonyl (C=O) groups is 2. The largest absolute Gasteiger partial charge is 0.384 e. The highest BCUT2D eigenvalue weighted by Crippen LogP contribution is 2.32. The van der Waals surface area contributed by atoms with Crippen LogP contribution in [0.25, 0.3) is 0 Å². The number of hydrogen-bond acceptors (Lipinski definition) is 3. The molecule has 1 aliphatic rings. The van der Waals surface area contributed by atoms with Crippen LogP contribution in [0.2, 0.25) is 0 Å². The zero-order valence-electron chi connectivity index (χ0n) is 12.1. The average molecular weight is 275 g/mol. The van der Waals surface area contributed by atoms with Gasteiger partial charge in [-0.15, -0.1) is 0 Å². The maximum absolute atomic E-state index is 12.0. The standard InChI is InChI=1S/C15H21N3O2/c1-10(15(20)18(2)3)17-14(19)8-11-9-16-13-7-5-4-6-12(11)13/h4-7,10-11,16H,8-9H2,1-3H3,(H,17,19). The van der Waals surface area contributed by atoms with Crippen LogP contribution in [0, 0.1) is 0 Å². The Labute approximate surface area is 119 Å². The van der Waals surface area contributed by atoms with Gasteiger partial charge in [0.25, 0.3) is 0 Å². The lowest BCUT2D eigenvalue weighted by molar-refractivity contribution is -0.134. The second-order valence-corrected chi connectivity index (χ2v) is 5.39. The molecule has 0 fully saturated rings. The number of rotatable bonds is 4. The summed E-state index contributed by atoms with van der Waals surface area (Å²) < 4.78 is 0. The number of anilines is 1. The molecule has 5 nitrogen and oxygen atoms in total. The van der Waals surface area contributed by atoms with E-state index in [1.807, 2.05) is 24.3 Å². The molecule has 2 N–H and O–H groups in total. The third kappa shape index (κ3) is 3.10. The fourth-order valence-corrected chi connectivity index (χ4v) is 2.51. The van der Waals surface area contributed by atoms with E-state index in [0.717, 1.165) is 12.2 Å². The second-order valence-electron chi connectivity index (χ2n) is 5.39. The van der Waals surface area contributed by atoms with E-state index >= 15 is 0 Å². The van der Waals surface area contributed by atoms with Crippen molar-refractivity contribution >= 4 is 17.5 Å². The van der Waals surface area contributed by atoms with Gasteiger partial charge in [0, 0.05) is 38.7 Å².